The summed E-state index contributed by atoms with van der Waals surface area (Å²) < 4.78 is 38.5. The quantitative estimate of drug-likeness (QED) is 0.00778. The summed E-state index contributed by atoms with van der Waals surface area (Å²) >= 11 is 42.8. The first-order chi connectivity index (χ1) is 60.6. The largest absolute Gasteiger partial charge is 1.00 e. The number of aryl methyl sites for hydroxylation is 1. The zero-order valence-electron chi connectivity index (χ0n) is 81.8. The molecule has 134 heavy (non-hydrogen) atoms. The fourth-order valence-electron chi connectivity index (χ4n) is 9.25. The normalized spacial score (nSPS) is 11.5. The number of hydrogen-bond donors (Lipinski definition) is 9. The van der Waals surface area contributed by atoms with E-state index < -0.39 is 33.3 Å². The summed E-state index contributed by atoms with van der Waals surface area (Å²) in [5.41, 5.74) is 19.8. The number of benzene rings is 9. The summed E-state index contributed by atoms with van der Waals surface area (Å²) in [5.74, 6) is 8.24. The van der Waals surface area contributed by atoms with Gasteiger partial charge in [-0.1, -0.05) is 250 Å². The van der Waals surface area contributed by atoms with Crippen LogP contribution >= 0.6 is 184 Å². The second kappa shape index (κ2) is 62.4. The molecule has 0 aromatic heterocycles. The molecule has 9 aromatic rings. The van der Waals surface area contributed by atoms with Crippen molar-refractivity contribution in [1.29, 1.82) is 0 Å². The van der Waals surface area contributed by atoms with Crippen LogP contribution in [0.5, 0.6) is 46.0 Å². The minimum absolute atomic E-state index is 0. The van der Waals surface area contributed by atoms with Crippen LogP contribution in [0.15, 0.2) is 220 Å². The van der Waals surface area contributed by atoms with Crippen LogP contribution in [0.1, 0.15) is 176 Å². The number of halogens is 10. The van der Waals surface area contributed by atoms with Gasteiger partial charge in [0.2, 0.25) is 33.3 Å². The fourth-order valence-corrected chi connectivity index (χ4v) is 18.3. The van der Waals surface area contributed by atoms with Gasteiger partial charge in [0.1, 0.15) is 40.2 Å². The van der Waals surface area contributed by atoms with Gasteiger partial charge in [0.15, 0.2) is 21.8 Å². The predicted octanol–water partition coefficient (Wildman–Crippen LogP) is 24.7. The SMILES string of the molecule is C1CCOC1.CC(=O)c1cc(O)cc(Br)c1.CC(C)(C)[Si](C)(C)Oc1c[c-]cc(Br)c1.CC(C)(C)[Si](C)(C)Oc1cc(Br)cc(Br)c1.CON(C)C(=O)c1cc(Br)cc(O[Si](C)(C)C(C)(C)C)c1.Cc1cc(Br)cc(C(=O)c2cc(Br)cc(O[Si](C)(C)C(C)(C)C)c2)c1.NC(=S)NN=C(c1cc(O)cc(Br)c1)c1cc(O)cc(Br)c1.NNC(N)=S.Oc1cccc(Br)c1.[CH2-]CCC.[Li+].[Li+]. The molecule has 0 radical (unpaired) electrons. The van der Waals surface area contributed by atoms with Crippen LogP contribution in [-0.2, 0) is 9.57 Å². The van der Waals surface area contributed by atoms with Gasteiger partial charge in [-0.05, 0) is 281 Å². The molecule has 1 amide bonds. The maximum Gasteiger partial charge on any atom is 1.00 e. The van der Waals surface area contributed by atoms with Crippen LogP contribution in [0.2, 0.25) is 72.5 Å². The van der Waals surface area contributed by atoms with Crippen molar-refractivity contribution < 1.29 is 99.8 Å². The van der Waals surface area contributed by atoms with Gasteiger partial charge in [-0.15, -0.1) is 28.1 Å². The summed E-state index contributed by atoms with van der Waals surface area (Å²) in [6.45, 7) is 55.5. The van der Waals surface area contributed by atoms with Crippen LogP contribution < -0.4 is 83.6 Å². The van der Waals surface area contributed by atoms with Crippen LogP contribution in [-0.4, -0.2) is 120 Å². The molecule has 38 heteroatoms. The molecule has 1 aliphatic rings. The summed E-state index contributed by atoms with van der Waals surface area (Å²) in [5, 5.41) is 43.5. The van der Waals surface area contributed by atoms with Crippen molar-refractivity contribution in [1.82, 2.24) is 15.9 Å². The van der Waals surface area contributed by atoms with Crippen molar-refractivity contribution >= 4 is 250 Å². The number of hydrogen-bond acceptors (Lipinski definition) is 17. The molecule has 0 atom stereocenters. The summed E-state index contributed by atoms with van der Waals surface area (Å²) in [6.07, 6.45) is 4.83. The number of rotatable bonds is 17. The molecule has 1 fully saturated rings. The van der Waals surface area contributed by atoms with Crippen molar-refractivity contribution in [2.45, 2.75) is 202 Å². The number of hydroxylamine groups is 2. The zero-order valence-corrected chi connectivity index (χ0v) is 103. The van der Waals surface area contributed by atoms with Crippen molar-refractivity contribution in [2.75, 3.05) is 27.4 Å². The van der Waals surface area contributed by atoms with E-state index in [-0.39, 0.29) is 103 Å². The number of carbonyl (C=O) groups is 3. The van der Waals surface area contributed by atoms with Crippen molar-refractivity contribution in [3.8, 4) is 46.0 Å². The number of hydrazone groups is 1. The number of carbonyl (C=O) groups excluding carboxylic acids is 3. The Morgan fingerprint density at radius 1 is 0.470 bits per heavy atom. The number of ether oxygens (including phenoxy) is 1. The maximum absolute atomic E-state index is 12.9. The number of aromatic hydroxyl groups is 4. The van der Waals surface area contributed by atoms with E-state index in [1.54, 1.807) is 79.8 Å². The van der Waals surface area contributed by atoms with E-state index in [1.807, 2.05) is 97.3 Å². The number of amides is 1. The van der Waals surface area contributed by atoms with Gasteiger partial charge < -0.3 is 66.7 Å². The maximum atomic E-state index is 12.9. The third-order valence-electron chi connectivity index (χ3n) is 20.4. The molecule has 726 valence electrons. The molecular formula is C96H129Br10Li2N7O13S2Si4. The fraction of sp³-hybridized carbons (Fsp3) is 0.365. The van der Waals surface area contributed by atoms with Gasteiger partial charge in [0.05, 0.1) is 12.8 Å². The van der Waals surface area contributed by atoms with E-state index >= 15 is 0 Å². The van der Waals surface area contributed by atoms with E-state index in [0.717, 1.165) is 73.8 Å². The van der Waals surface area contributed by atoms with E-state index in [2.05, 4.69) is 343 Å². The number of phenolic OH excluding ortho intramolecular Hbond substituents is 4. The van der Waals surface area contributed by atoms with Gasteiger partial charge in [-0.25, -0.2) is 10.9 Å². The average molecular weight is 2580 g/mol. The van der Waals surface area contributed by atoms with Crippen LogP contribution in [0.25, 0.3) is 0 Å². The van der Waals surface area contributed by atoms with Gasteiger partial charge in [0.25, 0.3) is 5.91 Å². The summed E-state index contributed by atoms with van der Waals surface area (Å²) in [6, 6.07) is 53.0. The Labute approximate surface area is 919 Å². The first kappa shape index (κ1) is 132. The Balaban J connectivity index is 0. The first-order valence-corrected chi connectivity index (χ1v) is 61.9. The number of unbranched alkanes of at least 4 members (excludes halogenated alkanes) is 1. The minimum Gasteiger partial charge on any atom is -0.602 e. The number of phenols is 4. The molecule has 0 spiro atoms. The number of ketones is 2. The minimum atomic E-state index is -1.96. The molecule has 1 saturated heterocycles. The number of nitrogens with one attached hydrogen (secondary N) is 2. The average Bonchev–Trinajstić information content (AvgIpc) is 0.833. The Morgan fingerprint density at radius 3 is 1.10 bits per heavy atom. The first-order valence-electron chi connectivity index (χ1n) is 41.5. The predicted molar refractivity (Wildman–Crippen MR) is 599 cm³/mol. The van der Waals surface area contributed by atoms with Crippen molar-refractivity contribution in [3.63, 3.8) is 0 Å². The molecule has 0 bridgehead atoms. The Hall–Kier alpha value is -4.02. The van der Waals surface area contributed by atoms with E-state index in [9.17, 15) is 24.6 Å². The number of nitrogens with zero attached hydrogens (tertiary/aromatic N) is 2. The smallest absolute Gasteiger partial charge is 0.602 e. The Bertz CT molecular complexity index is 5100. The third kappa shape index (κ3) is 52.1. The van der Waals surface area contributed by atoms with Crippen molar-refractivity contribution in [2.24, 2.45) is 22.4 Å². The summed E-state index contributed by atoms with van der Waals surface area (Å²) in [4.78, 5) is 40.9. The second-order valence-electron chi connectivity index (χ2n) is 35.9. The van der Waals surface area contributed by atoms with Crippen molar-refractivity contribution in [3.05, 3.63) is 267 Å². The summed E-state index contributed by atoms with van der Waals surface area (Å²) in [7, 11) is -4.30. The van der Waals surface area contributed by atoms with Gasteiger partial charge in [-0.3, -0.25) is 24.6 Å². The molecule has 12 N–H and O–H groups in total. The standard InChI is InChI=1S/C20H24Br2O2Si.C15H24BrNO3Si.C14H11Br2N3O2S.C12H18Br2OSi.C12H18BrOSi.C8H7BrO2.C6H5BrO.C4H8O.C4H9.CH5N3S.2Li/c1-13-7-14(9-16(21)8-13)19(23)15-10-17(22)12-18(11-15)24-25(5,6)20(2,3)4;1-15(2,3)21(6,7)20-13-9-11(8-12(16)10-13)14(18)17(4)19-5;15-9-1-7(3-11(20)5-9)13(18-19-14(17)22)8-2-10(16)6-12(21)4-8;1-12(2,3)16(4,5)15-11-7-9(13)6-10(14)8-11;1-12(2,3)15(4,5)14-11-8-6-7-10(13)9-11;1-5(10)6-2-7(9)4-8(11)3-6;7-5-2-1-3-6(8)4-5;1-2-4-5-3-1;1-3-4-2;2-1(5)4-3;;/h7-12H,1-6H3;8-10H,1-7H3;1-6,20-21H,(H3,17,19,22);6-8H,1-5H3;7-9H,1-5H3;2-4,11H,1H3;1-4,8H;1-4H2;1,3-4H2,2H3;3H2,(H3,2,4,5);;/q;;;;-1;;;;-1;;2*+1. The van der Waals surface area contributed by atoms with Crippen LogP contribution in [0, 0.1) is 19.9 Å². The van der Waals surface area contributed by atoms with Crippen LogP contribution in [0.4, 0.5) is 0 Å². The number of Topliss-reactive ketones (excluding diaryl/α,β-unsaturated/α-hetero) is 1. The number of hydrazine groups is 1. The zero-order chi connectivity index (χ0) is 102. The monoisotopic (exact) mass is 2570 g/mol. The van der Waals surface area contributed by atoms with Gasteiger partial charge >= 0.3 is 37.7 Å². The molecular weight excluding hydrogens is 2450 g/mol. The molecule has 0 saturated carbocycles. The van der Waals surface area contributed by atoms with E-state index in [0.29, 0.717) is 64.0 Å². The van der Waals surface area contributed by atoms with E-state index in [1.165, 1.54) is 50.5 Å². The molecule has 20 nitrogen and oxygen atoms in total. The number of nitrogens with two attached hydrogens (primary N) is 3. The van der Waals surface area contributed by atoms with E-state index in [4.69, 9.17) is 61.2 Å². The number of thiocarbonyl (C=S) groups is 2. The molecule has 1 aliphatic heterocycles. The molecule has 1 heterocycles. The van der Waals surface area contributed by atoms with Gasteiger partial charge in [0, 0.05) is 93.9 Å². The Morgan fingerprint density at radius 2 is 0.791 bits per heavy atom. The molecule has 9 aromatic carbocycles. The van der Waals surface area contributed by atoms with Crippen LogP contribution in [0.3, 0.4) is 0 Å². The topological polar surface area (TPSA) is 305 Å². The third-order valence-corrected chi connectivity index (χ3v) is 42.7. The molecule has 10 rings (SSSR count). The second-order valence-corrected chi connectivity index (χ2v) is 64.8. The molecule has 0 unspecified atom stereocenters. The molecule has 0 aliphatic carbocycles. The van der Waals surface area contributed by atoms with Gasteiger partial charge in [-0.2, -0.15) is 23.7 Å². The Kier molecular flexibility index (Phi) is 61.5.